The molecule has 0 saturated heterocycles. The van der Waals surface area contributed by atoms with E-state index in [1.165, 1.54) is 11.3 Å². The molecular weight excluding hydrogens is 334 g/mol. The van der Waals surface area contributed by atoms with Gasteiger partial charge >= 0.3 is 0 Å². The summed E-state index contributed by atoms with van der Waals surface area (Å²) in [6, 6.07) is 1.92. The van der Waals surface area contributed by atoms with Crippen molar-refractivity contribution in [3.05, 3.63) is 20.1 Å². The number of rotatable bonds is 2. The molecule has 2 aromatic rings. The Labute approximate surface area is 101 Å². The third-order valence-electron chi connectivity index (χ3n) is 1.51. The van der Waals surface area contributed by atoms with Gasteiger partial charge in [-0.3, -0.25) is 0 Å². The summed E-state index contributed by atoms with van der Waals surface area (Å²) in [5, 5.41) is 3.71. The number of thiophene rings is 1. The van der Waals surface area contributed by atoms with Crippen LogP contribution in [0.4, 0.5) is 0 Å². The van der Waals surface area contributed by atoms with Gasteiger partial charge in [0.2, 0.25) is 0 Å². The summed E-state index contributed by atoms with van der Waals surface area (Å²) in [7, 11) is 0. The van der Waals surface area contributed by atoms with Crippen LogP contribution in [-0.2, 0) is 6.54 Å². The minimum absolute atomic E-state index is 0.289. The van der Waals surface area contributed by atoms with Gasteiger partial charge in [-0.15, -0.1) is 11.3 Å². The van der Waals surface area contributed by atoms with Crippen LogP contribution in [0.25, 0.3) is 10.8 Å². The molecule has 0 radical (unpaired) electrons. The maximum absolute atomic E-state index is 5.38. The van der Waals surface area contributed by atoms with Gasteiger partial charge in [-0.2, -0.15) is 4.98 Å². The zero-order valence-corrected chi connectivity index (χ0v) is 10.8. The Hall–Kier alpha value is -0.240. The molecule has 0 aliphatic heterocycles. The standard InChI is InChI=1S/C7H5Br2N3OS/c8-3-1-4(14-6(3)9)7-11-5(2-10)12-13-7/h1H,2,10H2. The zero-order valence-electron chi connectivity index (χ0n) is 6.83. The molecule has 7 heteroatoms. The van der Waals surface area contributed by atoms with Crippen molar-refractivity contribution in [2.24, 2.45) is 5.73 Å². The summed E-state index contributed by atoms with van der Waals surface area (Å²) in [4.78, 5) is 5.03. The quantitative estimate of drug-likeness (QED) is 0.914. The van der Waals surface area contributed by atoms with Crippen LogP contribution in [0.15, 0.2) is 18.8 Å². The Morgan fingerprint density at radius 3 is 2.79 bits per heavy atom. The number of nitrogens with two attached hydrogens (primary N) is 1. The summed E-state index contributed by atoms with van der Waals surface area (Å²) in [5.41, 5.74) is 5.38. The highest BCUT2D eigenvalue weighted by Crippen LogP contribution is 2.37. The Balaban J connectivity index is 2.39. The van der Waals surface area contributed by atoms with Gasteiger partial charge in [0.15, 0.2) is 5.82 Å². The maximum atomic E-state index is 5.38. The highest BCUT2D eigenvalue weighted by atomic mass is 79.9. The first-order chi connectivity index (χ1) is 6.70. The molecule has 0 aliphatic rings. The van der Waals surface area contributed by atoms with E-state index in [0.29, 0.717) is 11.7 Å². The van der Waals surface area contributed by atoms with Crippen molar-refractivity contribution in [1.82, 2.24) is 10.1 Å². The fourth-order valence-electron chi connectivity index (χ4n) is 0.889. The van der Waals surface area contributed by atoms with Crippen LogP contribution in [0.2, 0.25) is 0 Å². The lowest BCUT2D eigenvalue weighted by Gasteiger charge is -1.82. The molecule has 0 unspecified atom stereocenters. The van der Waals surface area contributed by atoms with E-state index in [-0.39, 0.29) is 6.54 Å². The summed E-state index contributed by atoms with van der Waals surface area (Å²) in [5.74, 6) is 1.02. The second kappa shape index (κ2) is 4.09. The molecule has 0 atom stereocenters. The predicted molar refractivity (Wildman–Crippen MR) is 60.9 cm³/mol. The van der Waals surface area contributed by atoms with Crippen molar-refractivity contribution in [2.75, 3.05) is 0 Å². The van der Waals surface area contributed by atoms with Crippen LogP contribution < -0.4 is 5.73 Å². The normalized spacial score (nSPS) is 10.8. The number of hydrogen-bond acceptors (Lipinski definition) is 5. The van der Waals surface area contributed by atoms with Crippen molar-refractivity contribution >= 4 is 43.2 Å². The first-order valence-electron chi connectivity index (χ1n) is 3.68. The number of aromatic nitrogens is 2. The third-order valence-corrected chi connectivity index (χ3v) is 4.75. The highest BCUT2D eigenvalue weighted by Gasteiger charge is 2.12. The van der Waals surface area contributed by atoms with Gasteiger partial charge in [0.05, 0.1) is 15.2 Å². The second-order valence-corrected chi connectivity index (χ2v) is 5.68. The lowest BCUT2D eigenvalue weighted by molar-refractivity contribution is 0.423. The zero-order chi connectivity index (χ0) is 10.1. The highest BCUT2D eigenvalue weighted by molar-refractivity contribution is 9.13. The average molecular weight is 339 g/mol. The van der Waals surface area contributed by atoms with Crippen LogP contribution in [0.1, 0.15) is 5.82 Å². The fraction of sp³-hybridized carbons (Fsp3) is 0.143. The van der Waals surface area contributed by atoms with Gasteiger partial charge < -0.3 is 10.3 Å². The van der Waals surface area contributed by atoms with Crippen molar-refractivity contribution in [3.8, 4) is 10.8 Å². The van der Waals surface area contributed by atoms with Crippen LogP contribution >= 0.6 is 43.2 Å². The lowest BCUT2D eigenvalue weighted by Crippen LogP contribution is -1.97. The van der Waals surface area contributed by atoms with Crippen molar-refractivity contribution in [2.45, 2.75) is 6.54 Å². The molecule has 2 aromatic heterocycles. The minimum Gasteiger partial charge on any atom is -0.333 e. The van der Waals surface area contributed by atoms with E-state index in [2.05, 4.69) is 42.0 Å². The average Bonchev–Trinajstić information content (AvgIpc) is 2.74. The summed E-state index contributed by atoms with van der Waals surface area (Å²) < 4.78 is 7.01. The SMILES string of the molecule is NCc1noc(-c2cc(Br)c(Br)s2)n1. The van der Waals surface area contributed by atoms with Crippen molar-refractivity contribution in [1.29, 1.82) is 0 Å². The first kappa shape index (κ1) is 10.3. The van der Waals surface area contributed by atoms with E-state index >= 15 is 0 Å². The molecule has 2 heterocycles. The Bertz CT molecular complexity index is 434. The summed E-state index contributed by atoms with van der Waals surface area (Å²) in [6.07, 6.45) is 0. The smallest absolute Gasteiger partial charge is 0.268 e. The Kier molecular flexibility index (Phi) is 3.01. The van der Waals surface area contributed by atoms with E-state index in [1.807, 2.05) is 6.07 Å². The van der Waals surface area contributed by atoms with E-state index in [4.69, 9.17) is 10.3 Å². The third kappa shape index (κ3) is 1.90. The molecule has 0 fully saturated rings. The van der Waals surface area contributed by atoms with Crippen molar-refractivity contribution < 1.29 is 4.52 Å². The molecule has 0 spiro atoms. The molecule has 0 saturated carbocycles. The van der Waals surface area contributed by atoms with E-state index in [9.17, 15) is 0 Å². The molecule has 14 heavy (non-hydrogen) atoms. The van der Waals surface area contributed by atoms with Gasteiger partial charge in [0.1, 0.15) is 0 Å². The van der Waals surface area contributed by atoms with Gasteiger partial charge in [-0.1, -0.05) is 5.16 Å². The lowest BCUT2D eigenvalue weighted by atomic mass is 10.5. The molecule has 0 aromatic carbocycles. The number of nitrogens with zero attached hydrogens (tertiary/aromatic N) is 2. The molecule has 4 nitrogen and oxygen atoms in total. The van der Waals surface area contributed by atoms with Gasteiger partial charge in [-0.25, -0.2) is 0 Å². The van der Waals surface area contributed by atoms with Crippen LogP contribution in [-0.4, -0.2) is 10.1 Å². The van der Waals surface area contributed by atoms with Gasteiger partial charge in [0, 0.05) is 4.47 Å². The molecule has 0 amide bonds. The maximum Gasteiger partial charge on any atom is 0.268 e. The van der Waals surface area contributed by atoms with Crippen LogP contribution in [0, 0.1) is 0 Å². The molecule has 74 valence electrons. The Morgan fingerprint density at radius 1 is 1.50 bits per heavy atom. The van der Waals surface area contributed by atoms with Gasteiger partial charge in [0.25, 0.3) is 5.89 Å². The summed E-state index contributed by atoms with van der Waals surface area (Å²) in [6.45, 7) is 0.289. The fourth-order valence-corrected chi connectivity index (χ4v) is 2.85. The topological polar surface area (TPSA) is 64.9 Å². The first-order valence-corrected chi connectivity index (χ1v) is 6.09. The molecule has 0 aliphatic carbocycles. The molecular formula is C7H5Br2N3OS. The molecule has 2 N–H and O–H groups in total. The minimum atomic E-state index is 0.289. The predicted octanol–water partition coefficient (Wildman–Crippen LogP) is 2.78. The summed E-state index contributed by atoms with van der Waals surface area (Å²) >= 11 is 8.30. The molecule has 2 rings (SSSR count). The number of halogens is 2. The van der Waals surface area contributed by atoms with E-state index in [1.54, 1.807) is 0 Å². The Morgan fingerprint density at radius 2 is 2.29 bits per heavy atom. The van der Waals surface area contributed by atoms with Crippen LogP contribution in [0.3, 0.4) is 0 Å². The van der Waals surface area contributed by atoms with Gasteiger partial charge in [-0.05, 0) is 37.9 Å². The molecule has 0 bridgehead atoms. The van der Waals surface area contributed by atoms with E-state index in [0.717, 1.165) is 13.1 Å². The number of hydrogen-bond donors (Lipinski definition) is 1. The van der Waals surface area contributed by atoms with Crippen LogP contribution in [0.5, 0.6) is 0 Å². The van der Waals surface area contributed by atoms with E-state index < -0.39 is 0 Å². The second-order valence-electron chi connectivity index (χ2n) is 2.45. The monoisotopic (exact) mass is 337 g/mol. The largest absolute Gasteiger partial charge is 0.333 e. The van der Waals surface area contributed by atoms with Crippen molar-refractivity contribution in [3.63, 3.8) is 0 Å².